The standard InChI is InChI=1S/C20H20N4O/c1-25-17-11-9-15(10-12-17)21-19-13-18(14-5-3-2-4-6-14)23-20(24-19)22-16-7-8-16/h2-6,9-13,16H,7-8H2,1H3,(H2,21,22,23,24). The summed E-state index contributed by atoms with van der Waals surface area (Å²) in [4.78, 5) is 9.28. The van der Waals surface area contributed by atoms with E-state index in [1.165, 1.54) is 12.8 Å². The molecule has 5 nitrogen and oxygen atoms in total. The molecule has 0 saturated heterocycles. The fourth-order valence-corrected chi connectivity index (χ4v) is 2.57. The molecule has 0 spiro atoms. The number of rotatable bonds is 6. The van der Waals surface area contributed by atoms with Crippen LogP contribution in [0.15, 0.2) is 60.7 Å². The van der Waals surface area contributed by atoms with E-state index in [1.54, 1.807) is 7.11 Å². The Balaban J connectivity index is 1.64. The molecule has 25 heavy (non-hydrogen) atoms. The normalized spacial score (nSPS) is 13.3. The Hall–Kier alpha value is -3.08. The number of nitrogens with zero attached hydrogens (tertiary/aromatic N) is 2. The number of hydrogen-bond donors (Lipinski definition) is 2. The number of methoxy groups -OCH3 is 1. The zero-order chi connectivity index (χ0) is 17.1. The van der Waals surface area contributed by atoms with Crippen molar-refractivity contribution in [3.05, 3.63) is 60.7 Å². The summed E-state index contributed by atoms with van der Waals surface area (Å²) in [7, 11) is 1.66. The molecule has 1 aliphatic rings. The van der Waals surface area contributed by atoms with Gasteiger partial charge in [-0.2, -0.15) is 4.98 Å². The monoisotopic (exact) mass is 332 g/mol. The molecule has 0 amide bonds. The van der Waals surface area contributed by atoms with Crippen molar-refractivity contribution in [1.29, 1.82) is 0 Å². The first-order valence-electron chi connectivity index (χ1n) is 8.42. The van der Waals surface area contributed by atoms with Gasteiger partial charge in [0, 0.05) is 23.4 Å². The quantitative estimate of drug-likeness (QED) is 0.697. The van der Waals surface area contributed by atoms with Crippen molar-refractivity contribution < 1.29 is 4.74 Å². The van der Waals surface area contributed by atoms with Crippen molar-refractivity contribution in [3.63, 3.8) is 0 Å². The summed E-state index contributed by atoms with van der Waals surface area (Å²) in [5, 5.41) is 6.74. The Morgan fingerprint density at radius 1 is 0.960 bits per heavy atom. The molecule has 0 radical (unpaired) electrons. The van der Waals surface area contributed by atoms with Crippen LogP contribution in [0.4, 0.5) is 17.5 Å². The Morgan fingerprint density at radius 2 is 1.72 bits per heavy atom. The van der Waals surface area contributed by atoms with E-state index in [1.807, 2.05) is 48.5 Å². The summed E-state index contributed by atoms with van der Waals surface area (Å²) in [6.45, 7) is 0. The van der Waals surface area contributed by atoms with Crippen molar-refractivity contribution in [2.24, 2.45) is 0 Å². The van der Waals surface area contributed by atoms with Crippen LogP contribution in [0.25, 0.3) is 11.3 Å². The maximum Gasteiger partial charge on any atom is 0.225 e. The molecular formula is C20H20N4O. The molecule has 0 unspecified atom stereocenters. The Morgan fingerprint density at radius 3 is 2.40 bits per heavy atom. The van der Waals surface area contributed by atoms with Crippen LogP contribution in [0.2, 0.25) is 0 Å². The predicted molar refractivity (Wildman–Crippen MR) is 100 cm³/mol. The minimum absolute atomic E-state index is 0.500. The first kappa shape index (κ1) is 15.4. The summed E-state index contributed by atoms with van der Waals surface area (Å²) >= 11 is 0. The average Bonchev–Trinajstić information content (AvgIpc) is 3.47. The highest BCUT2D eigenvalue weighted by Gasteiger charge is 2.22. The molecule has 1 aliphatic carbocycles. The molecule has 3 aromatic rings. The zero-order valence-corrected chi connectivity index (χ0v) is 14.1. The van der Waals surface area contributed by atoms with Crippen LogP contribution in [0.1, 0.15) is 12.8 Å². The summed E-state index contributed by atoms with van der Waals surface area (Å²) in [5.74, 6) is 2.26. The number of benzene rings is 2. The van der Waals surface area contributed by atoms with Gasteiger partial charge in [0.05, 0.1) is 12.8 Å². The van der Waals surface area contributed by atoms with Gasteiger partial charge in [-0.15, -0.1) is 0 Å². The van der Waals surface area contributed by atoms with Gasteiger partial charge in [0.1, 0.15) is 11.6 Å². The van der Waals surface area contributed by atoms with Gasteiger partial charge in [-0.05, 0) is 37.1 Å². The van der Waals surface area contributed by atoms with Crippen LogP contribution in [0.3, 0.4) is 0 Å². The van der Waals surface area contributed by atoms with Gasteiger partial charge in [0.15, 0.2) is 0 Å². The highest BCUT2D eigenvalue weighted by molar-refractivity contribution is 5.67. The fourth-order valence-electron chi connectivity index (χ4n) is 2.57. The molecule has 1 saturated carbocycles. The maximum atomic E-state index is 5.20. The van der Waals surface area contributed by atoms with Crippen molar-refractivity contribution >= 4 is 17.5 Å². The lowest BCUT2D eigenvalue weighted by Gasteiger charge is -2.11. The topological polar surface area (TPSA) is 59.1 Å². The predicted octanol–water partition coefficient (Wildman–Crippen LogP) is 4.47. The van der Waals surface area contributed by atoms with Crippen LogP contribution >= 0.6 is 0 Å². The Labute approximate surface area is 147 Å². The van der Waals surface area contributed by atoms with Gasteiger partial charge >= 0.3 is 0 Å². The molecule has 1 aromatic heterocycles. The molecule has 0 atom stereocenters. The molecule has 126 valence electrons. The molecule has 0 aliphatic heterocycles. The van der Waals surface area contributed by atoms with Gasteiger partial charge in [-0.3, -0.25) is 0 Å². The van der Waals surface area contributed by atoms with E-state index >= 15 is 0 Å². The summed E-state index contributed by atoms with van der Waals surface area (Å²) in [6.07, 6.45) is 2.36. The van der Waals surface area contributed by atoms with E-state index in [0.717, 1.165) is 28.5 Å². The van der Waals surface area contributed by atoms with Gasteiger partial charge in [0.25, 0.3) is 0 Å². The number of aromatic nitrogens is 2. The second-order valence-corrected chi connectivity index (χ2v) is 6.10. The molecule has 2 aromatic carbocycles. The van der Waals surface area contributed by atoms with E-state index < -0.39 is 0 Å². The molecular weight excluding hydrogens is 312 g/mol. The largest absolute Gasteiger partial charge is 0.497 e. The van der Waals surface area contributed by atoms with Crippen molar-refractivity contribution in [3.8, 4) is 17.0 Å². The lowest BCUT2D eigenvalue weighted by atomic mass is 10.1. The zero-order valence-electron chi connectivity index (χ0n) is 14.1. The molecule has 0 bridgehead atoms. The highest BCUT2D eigenvalue weighted by atomic mass is 16.5. The maximum absolute atomic E-state index is 5.20. The van der Waals surface area contributed by atoms with Crippen LogP contribution in [-0.2, 0) is 0 Å². The first-order chi connectivity index (χ1) is 12.3. The highest BCUT2D eigenvalue weighted by Crippen LogP contribution is 2.27. The van der Waals surface area contributed by atoms with E-state index in [4.69, 9.17) is 4.74 Å². The van der Waals surface area contributed by atoms with Crippen LogP contribution in [0, 0.1) is 0 Å². The second-order valence-electron chi connectivity index (χ2n) is 6.10. The molecule has 4 rings (SSSR count). The SMILES string of the molecule is COc1ccc(Nc2cc(-c3ccccc3)nc(NC3CC3)n2)cc1. The van der Waals surface area contributed by atoms with Crippen LogP contribution in [0.5, 0.6) is 5.75 Å². The van der Waals surface area contributed by atoms with Gasteiger partial charge in [-0.1, -0.05) is 30.3 Å². The van der Waals surface area contributed by atoms with Crippen molar-refractivity contribution in [2.75, 3.05) is 17.7 Å². The second kappa shape index (κ2) is 6.81. The Kier molecular flexibility index (Phi) is 4.21. The van der Waals surface area contributed by atoms with Crippen LogP contribution in [-0.4, -0.2) is 23.1 Å². The molecule has 5 heteroatoms. The van der Waals surface area contributed by atoms with Gasteiger partial charge < -0.3 is 15.4 Å². The van der Waals surface area contributed by atoms with E-state index in [-0.39, 0.29) is 0 Å². The minimum Gasteiger partial charge on any atom is -0.497 e. The summed E-state index contributed by atoms with van der Waals surface area (Å²) < 4.78 is 5.20. The fraction of sp³-hybridized carbons (Fsp3) is 0.200. The number of anilines is 3. The number of hydrogen-bond acceptors (Lipinski definition) is 5. The van der Waals surface area contributed by atoms with Gasteiger partial charge in [-0.25, -0.2) is 4.98 Å². The van der Waals surface area contributed by atoms with E-state index in [9.17, 15) is 0 Å². The smallest absolute Gasteiger partial charge is 0.225 e. The van der Waals surface area contributed by atoms with Crippen molar-refractivity contribution in [1.82, 2.24) is 9.97 Å². The van der Waals surface area contributed by atoms with Crippen LogP contribution < -0.4 is 15.4 Å². The minimum atomic E-state index is 0.500. The summed E-state index contributed by atoms with van der Waals surface area (Å²) in [5.41, 5.74) is 2.92. The number of nitrogens with one attached hydrogen (secondary N) is 2. The molecule has 2 N–H and O–H groups in total. The number of ether oxygens (including phenoxy) is 1. The third-order valence-electron chi connectivity index (χ3n) is 4.07. The third-order valence-corrected chi connectivity index (χ3v) is 4.07. The van der Waals surface area contributed by atoms with E-state index in [2.05, 4.69) is 32.7 Å². The Bertz CT molecular complexity index is 845. The molecule has 1 heterocycles. The van der Waals surface area contributed by atoms with Gasteiger partial charge in [0.2, 0.25) is 5.95 Å². The summed E-state index contributed by atoms with van der Waals surface area (Å²) in [6, 6.07) is 20.4. The van der Waals surface area contributed by atoms with Crippen molar-refractivity contribution in [2.45, 2.75) is 18.9 Å². The average molecular weight is 332 g/mol. The molecule has 1 fully saturated rings. The lowest BCUT2D eigenvalue weighted by Crippen LogP contribution is -2.07. The first-order valence-corrected chi connectivity index (χ1v) is 8.42. The lowest BCUT2D eigenvalue weighted by molar-refractivity contribution is 0.415. The van der Waals surface area contributed by atoms with E-state index in [0.29, 0.717) is 12.0 Å². The third kappa shape index (κ3) is 3.88.